The van der Waals surface area contributed by atoms with E-state index in [1.54, 1.807) is 0 Å². The molecule has 1 aromatic heterocycles. The van der Waals surface area contributed by atoms with E-state index in [9.17, 15) is 14.4 Å². The van der Waals surface area contributed by atoms with Gasteiger partial charge in [-0.05, 0) is 30.7 Å². The summed E-state index contributed by atoms with van der Waals surface area (Å²) in [7, 11) is 0. The zero-order valence-electron chi connectivity index (χ0n) is 12.4. The Morgan fingerprint density at radius 3 is 2.48 bits per heavy atom. The molecular weight excluding hydrogens is 296 g/mol. The van der Waals surface area contributed by atoms with E-state index in [0.717, 1.165) is 15.7 Å². The lowest BCUT2D eigenvalue weighted by Crippen LogP contribution is -2.35. The Kier molecular flexibility index (Phi) is 3.57. The predicted octanol–water partition coefficient (Wildman–Crippen LogP) is 1.74. The highest BCUT2D eigenvalue weighted by molar-refractivity contribution is 5.92. The molecule has 0 saturated heterocycles. The molecule has 0 aliphatic carbocycles. The normalized spacial score (nSPS) is 10.8. The number of aromatic nitrogens is 2. The van der Waals surface area contributed by atoms with Crippen LogP contribution in [-0.2, 0) is 6.54 Å². The van der Waals surface area contributed by atoms with Crippen LogP contribution in [-0.4, -0.2) is 20.6 Å². The maximum absolute atomic E-state index is 12.5. The van der Waals surface area contributed by atoms with Gasteiger partial charge in [0.15, 0.2) is 0 Å². The fourth-order valence-electron chi connectivity index (χ4n) is 2.41. The summed E-state index contributed by atoms with van der Waals surface area (Å²) < 4.78 is 1.10. The number of aryl methyl sites for hydroxylation is 1. The minimum Gasteiger partial charge on any atom is -0.478 e. The van der Waals surface area contributed by atoms with Gasteiger partial charge in [0.2, 0.25) is 0 Å². The van der Waals surface area contributed by atoms with Gasteiger partial charge in [0.05, 0.1) is 23.0 Å². The number of fused-ring (bicyclic) bond motifs is 1. The molecule has 0 aliphatic heterocycles. The van der Waals surface area contributed by atoms with Gasteiger partial charge in [-0.15, -0.1) is 0 Å². The molecule has 2 aromatic carbocycles. The number of carboxylic acid groups (broad SMARTS) is 1. The number of H-pyrrole nitrogens is 1. The van der Waals surface area contributed by atoms with Crippen LogP contribution < -0.4 is 11.2 Å². The van der Waals surface area contributed by atoms with E-state index in [4.69, 9.17) is 5.11 Å². The SMILES string of the molecule is Cc1ccc(Cn2c(=O)[nH]c3cc(C(=O)O)ccc3c2=O)cc1. The second-order valence-electron chi connectivity index (χ2n) is 5.37. The molecule has 0 saturated carbocycles. The van der Waals surface area contributed by atoms with Gasteiger partial charge in [0, 0.05) is 0 Å². The Morgan fingerprint density at radius 2 is 1.83 bits per heavy atom. The van der Waals surface area contributed by atoms with Gasteiger partial charge in [-0.3, -0.25) is 9.36 Å². The highest BCUT2D eigenvalue weighted by Crippen LogP contribution is 2.10. The number of nitrogens with zero attached hydrogens (tertiary/aromatic N) is 1. The van der Waals surface area contributed by atoms with Crippen LogP contribution in [0.15, 0.2) is 52.1 Å². The van der Waals surface area contributed by atoms with Gasteiger partial charge in [0.25, 0.3) is 5.56 Å². The van der Waals surface area contributed by atoms with E-state index in [2.05, 4.69) is 4.98 Å². The summed E-state index contributed by atoms with van der Waals surface area (Å²) in [5, 5.41) is 9.26. The van der Waals surface area contributed by atoms with Crippen molar-refractivity contribution in [3.8, 4) is 0 Å². The lowest BCUT2D eigenvalue weighted by atomic mass is 10.1. The third-order valence-electron chi connectivity index (χ3n) is 3.69. The summed E-state index contributed by atoms with van der Waals surface area (Å²) in [6.45, 7) is 2.11. The lowest BCUT2D eigenvalue weighted by Gasteiger charge is -2.07. The first-order valence-electron chi connectivity index (χ1n) is 7.01. The number of carbonyl (C=O) groups is 1. The molecule has 3 rings (SSSR count). The number of aromatic carboxylic acids is 1. The number of aromatic amines is 1. The number of hydrogen-bond donors (Lipinski definition) is 2. The van der Waals surface area contributed by atoms with Gasteiger partial charge in [-0.25, -0.2) is 9.59 Å². The van der Waals surface area contributed by atoms with Crippen LogP contribution in [0, 0.1) is 6.92 Å². The molecule has 1 heterocycles. The van der Waals surface area contributed by atoms with Crippen LogP contribution in [0.25, 0.3) is 10.9 Å². The van der Waals surface area contributed by atoms with Gasteiger partial charge in [-0.1, -0.05) is 29.8 Å². The zero-order chi connectivity index (χ0) is 16.6. The second kappa shape index (κ2) is 5.57. The number of benzene rings is 2. The van der Waals surface area contributed by atoms with Crippen molar-refractivity contribution in [2.45, 2.75) is 13.5 Å². The smallest absolute Gasteiger partial charge is 0.335 e. The van der Waals surface area contributed by atoms with Crippen LogP contribution in [0.2, 0.25) is 0 Å². The van der Waals surface area contributed by atoms with Gasteiger partial charge < -0.3 is 10.1 Å². The third kappa shape index (κ3) is 2.78. The van der Waals surface area contributed by atoms with Gasteiger partial charge in [-0.2, -0.15) is 0 Å². The first-order valence-corrected chi connectivity index (χ1v) is 7.01. The molecule has 0 bridgehead atoms. The molecule has 23 heavy (non-hydrogen) atoms. The number of rotatable bonds is 3. The molecule has 0 aliphatic rings. The van der Waals surface area contributed by atoms with Crippen molar-refractivity contribution in [3.63, 3.8) is 0 Å². The Hall–Kier alpha value is -3.15. The summed E-state index contributed by atoms with van der Waals surface area (Å²) in [5.41, 5.74) is 1.16. The topological polar surface area (TPSA) is 92.2 Å². The molecule has 2 N–H and O–H groups in total. The maximum Gasteiger partial charge on any atom is 0.335 e. The zero-order valence-corrected chi connectivity index (χ0v) is 12.4. The second-order valence-corrected chi connectivity index (χ2v) is 5.37. The molecule has 116 valence electrons. The summed E-state index contributed by atoms with van der Waals surface area (Å²) in [4.78, 5) is 38.2. The number of nitrogens with one attached hydrogen (secondary N) is 1. The minimum atomic E-state index is -1.11. The van der Waals surface area contributed by atoms with E-state index in [1.807, 2.05) is 31.2 Å². The molecule has 0 spiro atoms. The highest BCUT2D eigenvalue weighted by Gasteiger charge is 2.11. The van der Waals surface area contributed by atoms with Gasteiger partial charge >= 0.3 is 11.7 Å². The Labute approximate surface area is 130 Å². The van der Waals surface area contributed by atoms with Crippen molar-refractivity contribution in [3.05, 3.63) is 80.0 Å². The van der Waals surface area contributed by atoms with E-state index in [0.29, 0.717) is 0 Å². The molecule has 0 unspecified atom stereocenters. The number of carboxylic acids is 1. The summed E-state index contributed by atoms with van der Waals surface area (Å²) in [6.07, 6.45) is 0. The molecule has 0 fully saturated rings. The fourth-order valence-corrected chi connectivity index (χ4v) is 2.41. The molecule has 0 atom stereocenters. The molecule has 0 amide bonds. The predicted molar refractivity (Wildman–Crippen MR) is 86.1 cm³/mol. The minimum absolute atomic E-state index is 0.0174. The molecular formula is C17H14N2O4. The average molecular weight is 310 g/mol. The monoisotopic (exact) mass is 310 g/mol. The standard InChI is InChI=1S/C17H14N2O4/c1-10-2-4-11(5-3-10)9-19-15(20)13-7-6-12(16(21)22)8-14(13)18-17(19)23/h2-8H,9H2,1H3,(H,18,23)(H,21,22). The molecule has 3 aromatic rings. The first-order chi connectivity index (χ1) is 11.0. The van der Waals surface area contributed by atoms with Crippen LogP contribution in [0.5, 0.6) is 0 Å². The van der Waals surface area contributed by atoms with Crippen molar-refractivity contribution in [2.24, 2.45) is 0 Å². The highest BCUT2D eigenvalue weighted by atomic mass is 16.4. The first kappa shape index (κ1) is 14.8. The van der Waals surface area contributed by atoms with Crippen LogP contribution in [0.1, 0.15) is 21.5 Å². The Balaban J connectivity index is 2.13. The molecule has 6 heteroatoms. The van der Waals surface area contributed by atoms with E-state index in [1.165, 1.54) is 18.2 Å². The molecule has 6 nitrogen and oxygen atoms in total. The van der Waals surface area contributed by atoms with Crippen molar-refractivity contribution in [1.82, 2.24) is 9.55 Å². The van der Waals surface area contributed by atoms with Crippen LogP contribution in [0.3, 0.4) is 0 Å². The molecule has 0 radical (unpaired) electrons. The Morgan fingerprint density at radius 1 is 1.13 bits per heavy atom. The summed E-state index contributed by atoms with van der Waals surface area (Å²) >= 11 is 0. The van der Waals surface area contributed by atoms with Crippen molar-refractivity contribution in [1.29, 1.82) is 0 Å². The van der Waals surface area contributed by atoms with Gasteiger partial charge in [0.1, 0.15) is 0 Å². The van der Waals surface area contributed by atoms with E-state index in [-0.39, 0.29) is 23.0 Å². The van der Waals surface area contributed by atoms with Crippen molar-refractivity contribution in [2.75, 3.05) is 0 Å². The summed E-state index contributed by atoms with van der Waals surface area (Å²) in [6, 6.07) is 11.6. The largest absolute Gasteiger partial charge is 0.478 e. The summed E-state index contributed by atoms with van der Waals surface area (Å²) in [5.74, 6) is -1.11. The third-order valence-corrected chi connectivity index (χ3v) is 3.69. The number of hydrogen-bond acceptors (Lipinski definition) is 3. The lowest BCUT2D eigenvalue weighted by molar-refractivity contribution is 0.0697. The van der Waals surface area contributed by atoms with Crippen molar-refractivity contribution >= 4 is 16.9 Å². The average Bonchev–Trinajstić information content (AvgIpc) is 2.52. The fraction of sp³-hybridized carbons (Fsp3) is 0.118. The van der Waals surface area contributed by atoms with E-state index < -0.39 is 17.2 Å². The van der Waals surface area contributed by atoms with Crippen LogP contribution in [0.4, 0.5) is 0 Å². The Bertz CT molecular complexity index is 1010. The quantitative estimate of drug-likeness (QED) is 0.771. The van der Waals surface area contributed by atoms with Crippen molar-refractivity contribution < 1.29 is 9.90 Å². The maximum atomic E-state index is 12.5. The van der Waals surface area contributed by atoms with Crippen LogP contribution >= 0.6 is 0 Å². The van der Waals surface area contributed by atoms with E-state index >= 15 is 0 Å².